The van der Waals surface area contributed by atoms with Gasteiger partial charge in [0.05, 0.1) is 46.6 Å². The number of anilines is 5. The number of nitrogens with two attached hydrogens (primary N) is 1. The van der Waals surface area contributed by atoms with Crippen LogP contribution in [-0.4, -0.2) is 45.9 Å². The average Bonchev–Trinajstić information content (AvgIpc) is 3.79. The zero-order valence-electron chi connectivity index (χ0n) is 34.0. The Balaban J connectivity index is 1.10. The number of aromatic amines is 1. The minimum absolute atomic E-state index is 0.00438. The van der Waals surface area contributed by atoms with Crippen LogP contribution in [0, 0.1) is 17.5 Å². The zero-order valence-corrected chi connectivity index (χ0v) is 34.0. The highest BCUT2D eigenvalue weighted by Gasteiger charge is 2.34. The van der Waals surface area contributed by atoms with Gasteiger partial charge in [-0.05, 0) is 59.7 Å². The molecule has 0 aliphatic rings. The van der Waals surface area contributed by atoms with Gasteiger partial charge in [0.25, 0.3) is 5.91 Å². The van der Waals surface area contributed by atoms with Crippen LogP contribution in [0.4, 0.5) is 41.9 Å². The lowest BCUT2D eigenvalue weighted by Gasteiger charge is -2.21. The molecular formula is C48H35F3N8O5. The highest BCUT2D eigenvalue weighted by Crippen LogP contribution is 2.44. The van der Waals surface area contributed by atoms with Gasteiger partial charge in [0.2, 0.25) is 11.8 Å². The molecule has 0 radical (unpaired) electrons. The number of fused-ring (bicyclic) bond motifs is 3. The van der Waals surface area contributed by atoms with Crippen LogP contribution >= 0.6 is 0 Å². The Morgan fingerprint density at radius 3 is 1.86 bits per heavy atom. The summed E-state index contributed by atoms with van der Waals surface area (Å²) in [5, 5.41) is 15.5. The number of carboxylic acid groups (broad SMARTS) is 1. The molecule has 0 fully saturated rings. The molecule has 0 aliphatic carbocycles. The van der Waals surface area contributed by atoms with Crippen LogP contribution in [0.5, 0.6) is 5.88 Å². The van der Waals surface area contributed by atoms with E-state index in [1.807, 2.05) is 84.6 Å². The smallest absolute Gasteiger partial charge is 0.363 e. The summed E-state index contributed by atoms with van der Waals surface area (Å²) in [6.07, 6.45) is 1.43. The molecule has 16 heteroatoms. The summed E-state index contributed by atoms with van der Waals surface area (Å²) in [6, 6.07) is 35.4. The minimum atomic E-state index is -2.19. The number of rotatable bonds is 12. The van der Waals surface area contributed by atoms with Gasteiger partial charge in [0.15, 0.2) is 22.8 Å². The maximum absolute atomic E-state index is 17.2. The molecular weight excluding hydrogens is 826 g/mol. The molecule has 9 aromatic rings. The molecule has 318 valence electrons. The third-order valence-corrected chi connectivity index (χ3v) is 10.9. The third-order valence-electron chi connectivity index (χ3n) is 10.9. The fourth-order valence-electron chi connectivity index (χ4n) is 7.54. The maximum atomic E-state index is 17.2. The summed E-state index contributed by atoms with van der Waals surface area (Å²) in [6.45, 7) is -0.166. The Kier molecular flexibility index (Phi) is 10.7. The Hall–Kier alpha value is -8.53. The summed E-state index contributed by atoms with van der Waals surface area (Å²) in [4.78, 5) is 45.4. The number of halogens is 3. The monoisotopic (exact) mass is 860 g/mol. The number of aromatic carboxylic acids is 1. The molecule has 4 N–H and O–H groups in total. The van der Waals surface area contributed by atoms with Gasteiger partial charge in [-0.3, -0.25) is 4.79 Å². The number of aromatic nitrogens is 4. The molecule has 1 amide bonds. The molecule has 0 unspecified atom stereocenters. The third kappa shape index (κ3) is 7.57. The average molecular weight is 861 g/mol. The first kappa shape index (κ1) is 40.9. The molecule has 3 heterocycles. The van der Waals surface area contributed by atoms with Crippen molar-refractivity contribution in [1.29, 1.82) is 0 Å². The van der Waals surface area contributed by atoms with Gasteiger partial charge >= 0.3 is 11.2 Å². The highest BCUT2D eigenvalue weighted by molar-refractivity contribution is 6.14. The number of hydrogen-bond acceptors (Lipinski definition) is 10. The van der Waals surface area contributed by atoms with Gasteiger partial charge in [-0.15, -0.1) is 0 Å². The van der Waals surface area contributed by atoms with Gasteiger partial charge in [0, 0.05) is 48.7 Å². The van der Waals surface area contributed by atoms with Gasteiger partial charge in [-0.1, -0.05) is 60.7 Å². The highest BCUT2D eigenvalue weighted by atomic mass is 19.2. The van der Waals surface area contributed by atoms with Gasteiger partial charge in [-0.25, -0.2) is 22.6 Å². The number of hydrogen-bond donors (Lipinski definition) is 3. The number of imidazole rings is 1. The van der Waals surface area contributed by atoms with Crippen molar-refractivity contribution >= 4 is 73.7 Å². The summed E-state index contributed by atoms with van der Waals surface area (Å²) < 4.78 is 61.7. The van der Waals surface area contributed by atoms with Crippen LogP contribution in [0.1, 0.15) is 31.8 Å². The van der Waals surface area contributed by atoms with E-state index < -0.39 is 46.0 Å². The summed E-state index contributed by atoms with van der Waals surface area (Å²) in [5.41, 5.74) is 7.31. The van der Waals surface area contributed by atoms with Gasteiger partial charge < -0.3 is 40.5 Å². The molecule has 0 aliphatic heterocycles. The largest absolute Gasteiger partial charge is 0.545 e. The van der Waals surface area contributed by atoms with Crippen LogP contribution in [0.3, 0.4) is 0 Å². The molecule has 0 bridgehead atoms. The maximum Gasteiger partial charge on any atom is 0.363 e. The second-order valence-corrected chi connectivity index (χ2v) is 14.8. The number of nitrogens with one attached hydrogen (secondary N) is 2. The number of amides is 1. The fourth-order valence-corrected chi connectivity index (χ4v) is 7.54. The van der Waals surface area contributed by atoms with E-state index in [0.717, 1.165) is 11.4 Å². The normalized spacial score (nSPS) is 11.3. The van der Waals surface area contributed by atoms with Crippen LogP contribution in [0.15, 0.2) is 132 Å². The van der Waals surface area contributed by atoms with E-state index in [4.69, 9.17) is 14.9 Å². The van der Waals surface area contributed by atoms with E-state index >= 15 is 13.2 Å². The summed E-state index contributed by atoms with van der Waals surface area (Å²) >= 11 is 0. The van der Waals surface area contributed by atoms with Gasteiger partial charge in [-0.2, -0.15) is 9.97 Å². The van der Waals surface area contributed by atoms with Crippen molar-refractivity contribution in [2.75, 3.05) is 29.6 Å². The van der Waals surface area contributed by atoms with Crippen molar-refractivity contribution < 1.29 is 37.0 Å². The molecule has 64 heavy (non-hydrogen) atoms. The number of para-hydroxylation sites is 2. The van der Waals surface area contributed by atoms with Crippen LogP contribution in [-0.2, 0) is 13.2 Å². The van der Waals surface area contributed by atoms with Crippen molar-refractivity contribution in [3.05, 3.63) is 167 Å². The first-order chi connectivity index (χ1) is 31.0. The number of H-pyrrole nitrogens is 1. The van der Waals surface area contributed by atoms with E-state index in [2.05, 4.69) is 25.3 Å². The SMILES string of the molecule is CN(c1ccccc1)c1ccc2c(-c3c(F)c(C(=O)NCc4ccc(COc5nc(N)nc6[nH]cnc56)cc4)c(F)c(F)c3C(=O)[O-])c3ccc(N(C)c4ccccc4)cc3[o+]c2c1. The molecule has 0 saturated heterocycles. The molecule has 6 aromatic carbocycles. The quantitative estimate of drug-likeness (QED) is 0.0609. The second-order valence-electron chi connectivity index (χ2n) is 14.8. The molecule has 13 nitrogen and oxygen atoms in total. The topological polar surface area (TPSA) is 177 Å². The lowest BCUT2D eigenvalue weighted by atomic mass is 9.90. The standard InChI is InChI=1S/C48H35F3N8O5/c1-58(28-9-5-3-6-10-28)30-17-19-32-34(21-30)64-35-22-31(59(2)29-11-7-4-8-12-29)18-20-33(35)36(32)37-38(47(61)62)41(50)42(51)39(40(37)49)45(60)53-23-26-13-15-27(16-14-26)24-63-46-43-44(55-25-54-43)56-48(52)57-46/h3-22,25H,23-24H2,1-2H3,(H4-,52,53,54,55,56,57,60,61,62). The van der Waals surface area contributed by atoms with Crippen molar-refractivity contribution in [2.24, 2.45) is 0 Å². The first-order valence-electron chi connectivity index (χ1n) is 19.8. The van der Waals surface area contributed by atoms with E-state index in [0.29, 0.717) is 33.7 Å². The molecule has 9 rings (SSSR count). The van der Waals surface area contributed by atoms with Crippen molar-refractivity contribution in [3.63, 3.8) is 0 Å². The zero-order chi connectivity index (χ0) is 44.6. The van der Waals surface area contributed by atoms with Crippen molar-refractivity contribution in [3.8, 4) is 17.0 Å². The molecule has 3 aromatic heterocycles. The lowest BCUT2D eigenvalue weighted by molar-refractivity contribution is -0.255. The van der Waals surface area contributed by atoms with Gasteiger partial charge in [0.1, 0.15) is 18.0 Å². The minimum Gasteiger partial charge on any atom is -0.545 e. The number of carbonyl (C=O) groups is 2. The number of nitrogens with zero attached hydrogens (tertiary/aromatic N) is 5. The Morgan fingerprint density at radius 2 is 1.28 bits per heavy atom. The number of carboxylic acids is 1. The van der Waals surface area contributed by atoms with E-state index in [-0.39, 0.29) is 52.5 Å². The number of ether oxygens (including phenoxy) is 1. The summed E-state index contributed by atoms with van der Waals surface area (Å²) in [7, 11) is 3.67. The number of carbonyl (C=O) groups excluding carboxylic acids is 2. The lowest BCUT2D eigenvalue weighted by Crippen LogP contribution is -2.30. The fraction of sp³-hybridized carbons (Fsp3) is 0.0833. The first-order valence-corrected chi connectivity index (χ1v) is 19.8. The van der Waals surface area contributed by atoms with Crippen LogP contribution < -0.4 is 30.7 Å². The van der Waals surface area contributed by atoms with Crippen LogP contribution in [0.25, 0.3) is 44.2 Å². The predicted molar refractivity (Wildman–Crippen MR) is 235 cm³/mol. The molecule has 0 saturated carbocycles. The Bertz CT molecular complexity index is 3160. The van der Waals surface area contributed by atoms with E-state index in [1.165, 1.54) is 6.33 Å². The molecule has 0 atom stereocenters. The van der Waals surface area contributed by atoms with Crippen molar-refractivity contribution in [2.45, 2.75) is 13.2 Å². The van der Waals surface area contributed by atoms with Crippen LogP contribution in [0.2, 0.25) is 0 Å². The molecule has 0 spiro atoms. The Labute approximate surface area is 362 Å². The van der Waals surface area contributed by atoms with Crippen molar-refractivity contribution in [1.82, 2.24) is 25.3 Å². The van der Waals surface area contributed by atoms with E-state index in [1.54, 1.807) is 60.7 Å². The number of benzene rings is 6. The Morgan fingerprint density at radius 1 is 0.719 bits per heavy atom. The predicted octanol–water partition coefficient (Wildman–Crippen LogP) is 8.61. The van der Waals surface area contributed by atoms with E-state index in [9.17, 15) is 14.7 Å². The second kappa shape index (κ2) is 16.7. The number of nitrogen functional groups attached to an aromatic ring is 1. The summed E-state index contributed by atoms with van der Waals surface area (Å²) in [5.74, 6) is -8.92.